The molecule has 0 aromatic heterocycles. The lowest BCUT2D eigenvalue weighted by Gasteiger charge is -2.41. The van der Waals surface area contributed by atoms with Crippen molar-refractivity contribution in [1.29, 1.82) is 0 Å². The zero-order valence-electron chi connectivity index (χ0n) is 8.25. The van der Waals surface area contributed by atoms with Crippen LogP contribution in [0.3, 0.4) is 0 Å². The van der Waals surface area contributed by atoms with Crippen LogP contribution in [-0.2, 0) is 5.41 Å². The Bertz CT molecular complexity index is 370. The van der Waals surface area contributed by atoms with Crippen molar-refractivity contribution < 1.29 is 13.6 Å². The molecule has 0 aliphatic heterocycles. The molecule has 0 heterocycles. The zero-order valence-corrected chi connectivity index (χ0v) is 8.25. The number of hydrogen-bond donors (Lipinski definition) is 0. The van der Waals surface area contributed by atoms with Gasteiger partial charge in [-0.25, -0.2) is 8.78 Å². The van der Waals surface area contributed by atoms with E-state index < -0.39 is 11.8 Å². The van der Waals surface area contributed by atoms with Crippen LogP contribution in [0.5, 0.6) is 0 Å². The van der Waals surface area contributed by atoms with Gasteiger partial charge in [0, 0.05) is 5.56 Å². The molecule has 0 atom stereocenters. The van der Waals surface area contributed by atoms with Crippen molar-refractivity contribution in [1.82, 2.24) is 0 Å². The quantitative estimate of drug-likeness (QED) is 0.700. The smallest absolute Gasteiger partial charge is 0.248 e. The summed E-state index contributed by atoms with van der Waals surface area (Å²) in [5.74, 6) is 0. The van der Waals surface area contributed by atoms with Crippen LogP contribution in [-0.4, -0.2) is 12.7 Å². The standard InChI is InChI=1S/C12H12F2O/c13-11(14)12(5-2-6-12)10-4-1-3-9(7-10)8-15/h1,3-4,7-8,11H,2,5-6H2. The highest BCUT2D eigenvalue weighted by atomic mass is 19.3. The first-order valence-electron chi connectivity index (χ1n) is 5.03. The third-order valence-corrected chi connectivity index (χ3v) is 3.26. The average molecular weight is 210 g/mol. The molecule has 0 saturated heterocycles. The van der Waals surface area contributed by atoms with E-state index in [-0.39, 0.29) is 0 Å². The highest BCUT2D eigenvalue weighted by Gasteiger charge is 2.46. The number of aldehydes is 1. The molecule has 2 rings (SSSR count). The summed E-state index contributed by atoms with van der Waals surface area (Å²) >= 11 is 0. The first-order valence-corrected chi connectivity index (χ1v) is 5.03. The number of carbonyl (C=O) groups is 1. The molecule has 1 aromatic rings. The number of halogens is 2. The van der Waals surface area contributed by atoms with Gasteiger partial charge in [0.05, 0.1) is 5.41 Å². The summed E-state index contributed by atoms with van der Waals surface area (Å²) in [6, 6.07) is 6.58. The molecule has 0 amide bonds. The lowest BCUT2D eigenvalue weighted by molar-refractivity contribution is 0.000807. The highest BCUT2D eigenvalue weighted by molar-refractivity contribution is 5.75. The summed E-state index contributed by atoms with van der Waals surface area (Å²) in [5, 5.41) is 0. The van der Waals surface area contributed by atoms with Gasteiger partial charge in [-0.2, -0.15) is 0 Å². The second-order valence-corrected chi connectivity index (χ2v) is 4.05. The van der Waals surface area contributed by atoms with Gasteiger partial charge in [-0.15, -0.1) is 0 Å². The first kappa shape index (κ1) is 10.3. The van der Waals surface area contributed by atoms with Gasteiger partial charge >= 0.3 is 0 Å². The fraction of sp³-hybridized carbons (Fsp3) is 0.417. The van der Waals surface area contributed by atoms with Crippen LogP contribution in [0.4, 0.5) is 8.78 Å². The monoisotopic (exact) mass is 210 g/mol. The van der Waals surface area contributed by atoms with Gasteiger partial charge in [-0.3, -0.25) is 4.79 Å². The van der Waals surface area contributed by atoms with E-state index in [4.69, 9.17) is 0 Å². The molecule has 3 heteroatoms. The number of hydrogen-bond acceptors (Lipinski definition) is 1. The predicted molar refractivity (Wildman–Crippen MR) is 53.4 cm³/mol. The van der Waals surface area contributed by atoms with Crippen molar-refractivity contribution in [2.75, 3.05) is 0 Å². The maximum atomic E-state index is 13.0. The molecule has 0 spiro atoms. The first-order chi connectivity index (χ1) is 7.19. The Morgan fingerprint density at radius 1 is 1.33 bits per heavy atom. The van der Waals surface area contributed by atoms with Gasteiger partial charge in [-0.05, 0) is 24.5 Å². The molecular weight excluding hydrogens is 198 g/mol. The molecule has 1 saturated carbocycles. The fourth-order valence-corrected chi connectivity index (χ4v) is 2.11. The predicted octanol–water partition coefficient (Wildman–Crippen LogP) is 3.19. The number of benzene rings is 1. The average Bonchev–Trinajstić information content (AvgIpc) is 2.16. The van der Waals surface area contributed by atoms with Gasteiger partial charge in [0.1, 0.15) is 6.29 Å². The molecule has 80 valence electrons. The lowest BCUT2D eigenvalue weighted by Crippen LogP contribution is -2.41. The van der Waals surface area contributed by atoms with Crippen LogP contribution in [0.2, 0.25) is 0 Å². The van der Waals surface area contributed by atoms with Crippen LogP contribution < -0.4 is 0 Å². The Morgan fingerprint density at radius 2 is 2.07 bits per heavy atom. The summed E-state index contributed by atoms with van der Waals surface area (Å²) in [6.45, 7) is 0. The zero-order chi connectivity index (χ0) is 10.9. The molecule has 0 bridgehead atoms. The number of rotatable bonds is 3. The van der Waals surface area contributed by atoms with Crippen LogP contribution in [0.1, 0.15) is 35.2 Å². The van der Waals surface area contributed by atoms with Crippen molar-refractivity contribution >= 4 is 6.29 Å². The summed E-state index contributed by atoms with van der Waals surface area (Å²) in [4.78, 5) is 10.6. The lowest BCUT2D eigenvalue weighted by atomic mass is 9.64. The molecule has 1 fully saturated rings. The van der Waals surface area contributed by atoms with E-state index in [1.807, 2.05) is 0 Å². The van der Waals surface area contributed by atoms with Gasteiger partial charge in [0.25, 0.3) is 0 Å². The molecule has 1 nitrogen and oxygen atoms in total. The summed E-state index contributed by atoms with van der Waals surface area (Å²) < 4.78 is 25.9. The summed E-state index contributed by atoms with van der Waals surface area (Å²) in [7, 11) is 0. The maximum absolute atomic E-state index is 13.0. The topological polar surface area (TPSA) is 17.1 Å². The SMILES string of the molecule is O=Cc1cccc(C2(C(F)F)CCC2)c1. The van der Waals surface area contributed by atoms with Gasteiger partial charge in [0.2, 0.25) is 6.43 Å². The Labute approximate surface area is 87.1 Å². The van der Waals surface area contributed by atoms with E-state index in [1.54, 1.807) is 24.3 Å². The second kappa shape index (κ2) is 3.72. The molecule has 0 radical (unpaired) electrons. The van der Waals surface area contributed by atoms with Crippen molar-refractivity contribution in [2.24, 2.45) is 0 Å². The number of alkyl halides is 2. The van der Waals surface area contributed by atoms with E-state index in [9.17, 15) is 13.6 Å². The Balaban J connectivity index is 2.38. The maximum Gasteiger partial charge on any atom is 0.248 e. The molecule has 15 heavy (non-hydrogen) atoms. The minimum Gasteiger partial charge on any atom is -0.298 e. The van der Waals surface area contributed by atoms with E-state index in [2.05, 4.69) is 0 Å². The van der Waals surface area contributed by atoms with E-state index in [1.165, 1.54) is 0 Å². The summed E-state index contributed by atoms with van der Waals surface area (Å²) in [5.41, 5.74) is 0.0896. The second-order valence-electron chi connectivity index (χ2n) is 4.05. The van der Waals surface area contributed by atoms with Crippen LogP contribution in [0.25, 0.3) is 0 Å². The van der Waals surface area contributed by atoms with Crippen molar-refractivity contribution in [3.8, 4) is 0 Å². The molecule has 0 unspecified atom stereocenters. The van der Waals surface area contributed by atoms with Gasteiger partial charge < -0.3 is 0 Å². The van der Waals surface area contributed by atoms with Crippen molar-refractivity contribution in [3.63, 3.8) is 0 Å². The molecule has 1 aliphatic carbocycles. The fourth-order valence-electron chi connectivity index (χ4n) is 2.11. The van der Waals surface area contributed by atoms with E-state index in [0.717, 1.165) is 6.42 Å². The Morgan fingerprint density at radius 3 is 2.53 bits per heavy atom. The largest absolute Gasteiger partial charge is 0.298 e. The van der Waals surface area contributed by atoms with Gasteiger partial charge in [0.15, 0.2) is 0 Å². The van der Waals surface area contributed by atoms with Crippen molar-refractivity contribution in [3.05, 3.63) is 35.4 Å². The Hall–Kier alpha value is -1.25. The highest BCUT2D eigenvalue weighted by Crippen LogP contribution is 2.48. The Kier molecular flexibility index (Phi) is 2.55. The van der Waals surface area contributed by atoms with E-state index in [0.29, 0.717) is 30.3 Å². The minimum absolute atomic E-state index is 0.472. The van der Waals surface area contributed by atoms with Crippen LogP contribution >= 0.6 is 0 Å². The molecular formula is C12H12F2O. The molecule has 1 aromatic carbocycles. The summed E-state index contributed by atoms with van der Waals surface area (Å²) in [6.07, 6.45) is 0.241. The van der Waals surface area contributed by atoms with Crippen LogP contribution in [0, 0.1) is 0 Å². The van der Waals surface area contributed by atoms with Crippen molar-refractivity contribution in [2.45, 2.75) is 31.1 Å². The minimum atomic E-state index is -2.34. The van der Waals surface area contributed by atoms with E-state index >= 15 is 0 Å². The van der Waals surface area contributed by atoms with Gasteiger partial charge in [-0.1, -0.05) is 24.6 Å². The normalized spacial score (nSPS) is 18.6. The number of carbonyl (C=O) groups excluding carboxylic acids is 1. The third kappa shape index (κ3) is 1.56. The molecule has 1 aliphatic rings. The third-order valence-electron chi connectivity index (χ3n) is 3.26. The van der Waals surface area contributed by atoms with Crippen LogP contribution in [0.15, 0.2) is 24.3 Å². The molecule has 0 N–H and O–H groups in total.